The van der Waals surface area contributed by atoms with E-state index in [-0.39, 0.29) is 0 Å². The highest BCUT2D eigenvalue weighted by atomic mass is 16.6. The summed E-state index contributed by atoms with van der Waals surface area (Å²) in [5, 5.41) is 9.14. The van der Waals surface area contributed by atoms with Crippen molar-refractivity contribution in [3.8, 4) is 0 Å². The molecule has 1 aromatic carbocycles. The van der Waals surface area contributed by atoms with Crippen LogP contribution in [0.1, 0.15) is 24.2 Å². The number of carbonyl (C=O) groups is 1. The maximum atomic E-state index is 11.4. The van der Waals surface area contributed by atoms with Crippen molar-refractivity contribution < 1.29 is 14.6 Å². The molecular formula is C11H14O3. The van der Waals surface area contributed by atoms with Crippen LogP contribution in [0.4, 0.5) is 0 Å². The Morgan fingerprint density at radius 1 is 1.29 bits per heavy atom. The van der Waals surface area contributed by atoms with Crippen LogP contribution in [0.5, 0.6) is 0 Å². The maximum Gasteiger partial charge on any atom is 0.338 e. The molecule has 1 N–H and O–H groups in total. The first-order chi connectivity index (χ1) is 6.61. The lowest BCUT2D eigenvalue weighted by molar-refractivity contribution is -0.00468. The van der Waals surface area contributed by atoms with Gasteiger partial charge in [-0.05, 0) is 26.0 Å². The molecule has 0 aliphatic heterocycles. The SMILES string of the molecule is C[C@H](O)[C@H](C)OC(=O)c1ccccc1. The van der Waals surface area contributed by atoms with E-state index < -0.39 is 18.2 Å². The average molecular weight is 194 g/mol. The topological polar surface area (TPSA) is 46.5 Å². The van der Waals surface area contributed by atoms with E-state index >= 15 is 0 Å². The van der Waals surface area contributed by atoms with Crippen molar-refractivity contribution in [2.45, 2.75) is 26.1 Å². The molecule has 1 aromatic rings. The minimum absolute atomic E-state index is 0.404. The number of aliphatic hydroxyl groups is 1. The third-order valence-corrected chi connectivity index (χ3v) is 1.98. The largest absolute Gasteiger partial charge is 0.456 e. The first-order valence-corrected chi connectivity index (χ1v) is 4.55. The Kier molecular flexibility index (Phi) is 3.65. The van der Waals surface area contributed by atoms with Gasteiger partial charge in [0.2, 0.25) is 0 Å². The highest BCUT2D eigenvalue weighted by Crippen LogP contribution is 2.05. The molecule has 0 amide bonds. The Morgan fingerprint density at radius 3 is 2.36 bits per heavy atom. The summed E-state index contributed by atoms with van der Waals surface area (Å²) in [5.41, 5.74) is 0.500. The summed E-state index contributed by atoms with van der Waals surface area (Å²) in [5.74, 6) is -0.404. The van der Waals surface area contributed by atoms with E-state index in [0.29, 0.717) is 5.56 Å². The average Bonchev–Trinajstić information content (AvgIpc) is 2.19. The van der Waals surface area contributed by atoms with E-state index in [2.05, 4.69) is 0 Å². The van der Waals surface area contributed by atoms with Crippen LogP contribution in [0.3, 0.4) is 0 Å². The molecule has 1 rings (SSSR count). The van der Waals surface area contributed by atoms with Gasteiger partial charge in [-0.25, -0.2) is 4.79 Å². The van der Waals surface area contributed by atoms with Crippen LogP contribution in [0.15, 0.2) is 30.3 Å². The van der Waals surface area contributed by atoms with E-state index in [1.54, 1.807) is 38.1 Å². The summed E-state index contributed by atoms with van der Waals surface area (Å²) < 4.78 is 5.01. The molecule has 0 saturated carbocycles. The monoisotopic (exact) mass is 194 g/mol. The van der Waals surface area contributed by atoms with Gasteiger partial charge in [0, 0.05) is 0 Å². The van der Waals surface area contributed by atoms with Crippen molar-refractivity contribution in [1.29, 1.82) is 0 Å². The van der Waals surface area contributed by atoms with Crippen LogP contribution in [0, 0.1) is 0 Å². The minimum atomic E-state index is -0.650. The molecule has 2 atom stereocenters. The maximum absolute atomic E-state index is 11.4. The number of hydrogen-bond acceptors (Lipinski definition) is 3. The Labute approximate surface area is 83.3 Å². The van der Waals surface area contributed by atoms with E-state index in [1.807, 2.05) is 6.07 Å². The van der Waals surface area contributed by atoms with Crippen molar-refractivity contribution in [2.75, 3.05) is 0 Å². The second kappa shape index (κ2) is 4.77. The van der Waals surface area contributed by atoms with Gasteiger partial charge in [0.25, 0.3) is 0 Å². The molecule has 0 saturated heterocycles. The van der Waals surface area contributed by atoms with Crippen LogP contribution in [0.2, 0.25) is 0 Å². The van der Waals surface area contributed by atoms with Gasteiger partial charge < -0.3 is 9.84 Å². The summed E-state index contributed by atoms with van der Waals surface area (Å²) >= 11 is 0. The van der Waals surface area contributed by atoms with Gasteiger partial charge in [-0.2, -0.15) is 0 Å². The summed E-state index contributed by atoms with van der Waals surface area (Å²) in [7, 11) is 0. The van der Waals surface area contributed by atoms with Gasteiger partial charge in [-0.15, -0.1) is 0 Å². The van der Waals surface area contributed by atoms with Gasteiger partial charge in [-0.1, -0.05) is 18.2 Å². The van der Waals surface area contributed by atoms with Crippen LogP contribution in [0.25, 0.3) is 0 Å². The highest BCUT2D eigenvalue weighted by molar-refractivity contribution is 5.89. The van der Waals surface area contributed by atoms with Crippen molar-refractivity contribution >= 4 is 5.97 Å². The molecule has 0 heterocycles. The third kappa shape index (κ3) is 2.85. The molecule has 0 radical (unpaired) electrons. The van der Waals surface area contributed by atoms with Gasteiger partial charge in [0.1, 0.15) is 6.10 Å². The molecule has 0 fully saturated rings. The van der Waals surface area contributed by atoms with Gasteiger partial charge in [0.05, 0.1) is 11.7 Å². The van der Waals surface area contributed by atoms with E-state index in [0.717, 1.165) is 0 Å². The fourth-order valence-electron chi connectivity index (χ4n) is 0.910. The molecule has 0 unspecified atom stereocenters. The van der Waals surface area contributed by atoms with Gasteiger partial charge >= 0.3 is 5.97 Å². The summed E-state index contributed by atoms with van der Waals surface area (Å²) in [6.07, 6.45) is -1.13. The van der Waals surface area contributed by atoms with Crippen LogP contribution < -0.4 is 0 Å². The van der Waals surface area contributed by atoms with Gasteiger partial charge in [-0.3, -0.25) is 0 Å². The standard InChI is InChI=1S/C11H14O3/c1-8(12)9(2)14-11(13)10-6-4-3-5-7-10/h3-9,12H,1-2H3/t8-,9-/m0/s1. The van der Waals surface area contributed by atoms with Crippen molar-refractivity contribution in [3.63, 3.8) is 0 Å². The zero-order valence-electron chi connectivity index (χ0n) is 8.31. The summed E-state index contributed by atoms with van der Waals surface area (Å²) in [6.45, 7) is 3.24. The molecule has 0 spiro atoms. The molecule has 0 aliphatic carbocycles. The van der Waals surface area contributed by atoms with Crippen molar-refractivity contribution in [2.24, 2.45) is 0 Å². The number of esters is 1. The predicted octanol–water partition coefficient (Wildman–Crippen LogP) is 1.61. The Hall–Kier alpha value is -1.35. The Bertz CT molecular complexity index is 293. The summed E-state index contributed by atoms with van der Waals surface area (Å²) in [6, 6.07) is 8.72. The molecule has 14 heavy (non-hydrogen) atoms. The number of rotatable bonds is 3. The van der Waals surface area contributed by atoms with Crippen LogP contribution in [-0.4, -0.2) is 23.3 Å². The normalized spacial score (nSPS) is 14.5. The Morgan fingerprint density at radius 2 is 1.86 bits per heavy atom. The third-order valence-electron chi connectivity index (χ3n) is 1.98. The van der Waals surface area contributed by atoms with Crippen LogP contribution >= 0.6 is 0 Å². The first-order valence-electron chi connectivity index (χ1n) is 4.55. The van der Waals surface area contributed by atoms with Gasteiger partial charge in [0.15, 0.2) is 0 Å². The lowest BCUT2D eigenvalue weighted by atomic mass is 10.2. The number of benzene rings is 1. The predicted molar refractivity (Wildman–Crippen MR) is 53.0 cm³/mol. The molecular weight excluding hydrogens is 180 g/mol. The van der Waals surface area contributed by atoms with E-state index in [1.165, 1.54) is 0 Å². The first kappa shape index (κ1) is 10.7. The molecule has 0 aliphatic rings. The van der Waals surface area contributed by atoms with E-state index in [4.69, 9.17) is 9.84 Å². The van der Waals surface area contributed by atoms with Crippen molar-refractivity contribution in [1.82, 2.24) is 0 Å². The smallest absolute Gasteiger partial charge is 0.338 e. The lowest BCUT2D eigenvalue weighted by Gasteiger charge is -2.15. The lowest BCUT2D eigenvalue weighted by Crippen LogP contribution is -2.25. The number of carbonyl (C=O) groups excluding carboxylic acids is 1. The molecule has 0 bridgehead atoms. The number of aliphatic hydroxyl groups excluding tert-OH is 1. The fraction of sp³-hybridized carbons (Fsp3) is 0.364. The highest BCUT2D eigenvalue weighted by Gasteiger charge is 2.15. The molecule has 0 aromatic heterocycles. The molecule has 76 valence electrons. The zero-order chi connectivity index (χ0) is 10.6. The fourth-order valence-corrected chi connectivity index (χ4v) is 0.910. The van der Waals surface area contributed by atoms with E-state index in [9.17, 15) is 4.79 Å². The van der Waals surface area contributed by atoms with Crippen LogP contribution in [-0.2, 0) is 4.74 Å². The molecule has 3 nitrogen and oxygen atoms in total. The number of hydrogen-bond donors (Lipinski definition) is 1. The minimum Gasteiger partial charge on any atom is -0.456 e. The second-order valence-electron chi connectivity index (χ2n) is 3.22. The number of ether oxygens (including phenoxy) is 1. The second-order valence-corrected chi connectivity index (χ2v) is 3.22. The van der Waals surface area contributed by atoms with Crippen molar-refractivity contribution in [3.05, 3.63) is 35.9 Å². The molecule has 3 heteroatoms. The zero-order valence-corrected chi connectivity index (χ0v) is 8.31. The quantitative estimate of drug-likeness (QED) is 0.743. The Balaban J connectivity index is 2.60. The summed E-state index contributed by atoms with van der Waals surface area (Å²) in [4.78, 5) is 11.4.